The zero-order valence-corrected chi connectivity index (χ0v) is 12.0. The average Bonchev–Trinajstić information content (AvgIpc) is 2.89. The van der Waals surface area contributed by atoms with Crippen molar-refractivity contribution in [1.82, 2.24) is 0 Å². The van der Waals surface area contributed by atoms with Crippen LogP contribution in [0.25, 0.3) is 0 Å². The smallest absolute Gasteiger partial charge is 0.368 e. The van der Waals surface area contributed by atoms with Gasteiger partial charge in [0.2, 0.25) is 0 Å². The van der Waals surface area contributed by atoms with E-state index in [0.717, 1.165) is 25.1 Å². The molecular weight excluding hydrogens is 277 g/mol. The fourth-order valence-electron chi connectivity index (χ4n) is 3.91. The van der Waals surface area contributed by atoms with Crippen molar-refractivity contribution < 1.29 is 13.2 Å². The lowest BCUT2D eigenvalue weighted by Crippen LogP contribution is -2.35. The van der Waals surface area contributed by atoms with Crippen LogP contribution in [0.2, 0.25) is 0 Å². The van der Waals surface area contributed by atoms with Gasteiger partial charge in [0.25, 0.3) is 0 Å². The van der Waals surface area contributed by atoms with Crippen LogP contribution < -0.4 is 10.6 Å². The molecule has 0 spiro atoms. The molecule has 0 aromatic heterocycles. The maximum atomic E-state index is 12.8. The molecule has 2 fully saturated rings. The summed E-state index contributed by atoms with van der Waals surface area (Å²) in [7, 11) is 0. The highest BCUT2D eigenvalue weighted by atomic mass is 19.4. The van der Waals surface area contributed by atoms with Crippen molar-refractivity contribution in [3.05, 3.63) is 29.3 Å². The molecule has 1 aliphatic heterocycles. The van der Waals surface area contributed by atoms with Crippen LogP contribution in [0.15, 0.2) is 18.2 Å². The van der Waals surface area contributed by atoms with E-state index in [1.54, 1.807) is 6.07 Å². The van der Waals surface area contributed by atoms with Crippen molar-refractivity contribution in [2.75, 3.05) is 11.4 Å². The zero-order chi connectivity index (χ0) is 15.0. The summed E-state index contributed by atoms with van der Waals surface area (Å²) in [5, 5.41) is 0. The van der Waals surface area contributed by atoms with Crippen molar-refractivity contribution in [2.24, 2.45) is 11.7 Å². The van der Waals surface area contributed by atoms with E-state index < -0.39 is 11.7 Å². The van der Waals surface area contributed by atoms with Gasteiger partial charge in [0.15, 0.2) is 0 Å². The lowest BCUT2D eigenvalue weighted by Gasteiger charge is -2.34. The number of alkyl halides is 3. The van der Waals surface area contributed by atoms with E-state index >= 15 is 0 Å². The Morgan fingerprint density at radius 2 is 1.90 bits per heavy atom. The van der Waals surface area contributed by atoms with Crippen LogP contribution in [-0.4, -0.2) is 12.6 Å². The summed E-state index contributed by atoms with van der Waals surface area (Å²) in [6.45, 7) is 1.08. The molecule has 5 heteroatoms. The number of anilines is 1. The normalized spacial score (nSPS) is 26.0. The monoisotopic (exact) mass is 298 g/mol. The van der Waals surface area contributed by atoms with Crippen molar-refractivity contribution in [3.8, 4) is 0 Å². The molecule has 1 aromatic rings. The number of hydrogen-bond acceptors (Lipinski definition) is 2. The van der Waals surface area contributed by atoms with Crippen molar-refractivity contribution >= 4 is 5.69 Å². The summed E-state index contributed by atoms with van der Waals surface area (Å²) >= 11 is 0. The fraction of sp³-hybridized carbons (Fsp3) is 0.625. The van der Waals surface area contributed by atoms with Gasteiger partial charge in [0.05, 0.1) is 5.56 Å². The topological polar surface area (TPSA) is 29.3 Å². The lowest BCUT2D eigenvalue weighted by molar-refractivity contribution is -0.137. The summed E-state index contributed by atoms with van der Waals surface area (Å²) in [6, 6.07) is 4.50. The predicted molar refractivity (Wildman–Crippen MR) is 77.0 cm³/mol. The minimum absolute atomic E-state index is 0.146. The summed E-state index contributed by atoms with van der Waals surface area (Å²) in [5.41, 5.74) is 6.61. The third-order valence-electron chi connectivity index (χ3n) is 4.95. The van der Waals surface area contributed by atoms with Gasteiger partial charge < -0.3 is 10.6 Å². The van der Waals surface area contributed by atoms with Crippen molar-refractivity contribution in [2.45, 2.75) is 50.9 Å². The summed E-state index contributed by atoms with van der Waals surface area (Å²) in [4.78, 5) is 2.30. The Morgan fingerprint density at radius 1 is 1.14 bits per heavy atom. The van der Waals surface area contributed by atoms with Gasteiger partial charge in [-0.25, -0.2) is 0 Å². The van der Waals surface area contributed by atoms with Gasteiger partial charge in [-0.2, -0.15) is 13.2 Å². The van der Waals surface area contributed by atoms with Gasteiger partial charge in [-0.05, 0) is 48.9 Å². The van der Waals surface area contributed by atoms with Crippen LogP contribution in [0.4, 0.5) is 18.9 Å². The molecule has 1 saturated carbocycles. The van der Waals surface area contributed by atoms with E-state index in [-0.39, 0.29) is 6.54 Å². The highest BCUT2D eigenvalue weighted by molar-refractivity contribution is 5.57. The predicted octanol–water partition coefficient (Wildman–Crippen LogP) is 3.93. The number of fused-ring (bicyclic) bond motifs is 1. The van der Waals surface area contributed by atoms with E-state index in [1.165, 1.54) is 31.4 Å². The highest BCUT2D eigenvalue weighted by Gasteiger charge is 2.37. The van der Waals surface area contributed by atoms with E-state index in [1.807, 2.05) is 0 Å². The Kier molecular flexibility index (Phi) is 3.86. The first-order chi connectivity index (χ1) is 10.0. The Balaban J connectivity index is 1.91. The van der Waals surface area contributed by atoms with Crippen molar-refractivity contribution in [3.63, 3.8) is 0 Å². The van der Waals surface area contributed by atoms with Gasteiger partial charge in [0, 0.05) is 24.8 Å². The second-order valence-corrected chi connectivity index (χ2v) is 6.14. The molecule has 1 heterocycles. The van der Waals surface area contributed by atoms with Gasteiger partial charge >= 0.3 is 6.18 Å². The van der Waals surface area contributed by atoms with E-state index in [4.69, 9.17) is 5.73 Å². The van der Waals surface area contributed by atoms with Crippen LogP contribution in [-0.2, 0) is 12.7 Å². The molecule has 2 nitrogen and oxygen atoms in total. The number of nitrogens with zero attached hydrogens (tertiary/aromatic N) is 1. The first kappa shape index (κ1) is 14.7. The molecular formula is C16H21F3N2. The molecule has 2 N–H and O–H groups in total. The Morgan fingerprint density at radius 3 is 2.62 bits per heavy atom. The van der Waals surface area contributed by atoms with Crippen LogP contribution in [0.1, 0.15) is 43.2 Å². The third kappa shape index (κ3) is 2.76. The van der Waals surface area contributed by atoms with Gasteiger partial charge in [0.1, 0.15) is 0 Å². The van der Waals surface area contributed by atoms with E-state index in [2.05, 4.69) is 4.90 Å². The van der Waals surface area contributed by atoms with Gasteiger partial charge in [-0.3, -0.25) is 0 Å². The van der Waals surface area contributed by atoms with E-state index in [0.29, 0.717) is 17.5 Å². The molecule has 0 radical (unpaired) electrons. The minimum atomic E-state index is -4.30. The highest BCUT2D eigenvalue weighted by Crippen LogP contribution is 2.41. The molecule has 21 heavy (non-hydrogen) atoms. The fourth-order valence-corrected chi connectivity index (χ4v) is 3.91. The SMILES string of the molecule is NCc1cc(C(F)(F)F)ccc1N1CCC2CCCCC21. The molecule has 3 rings (SSSR count). The second-order valence-electron chi connectivity index (χ2n) is 6.14. The maximum absolute atomic E-state index is 12.8. The standard InChI is InChI=1S/C16H21F3N2/c17-16(18,19)13-5-6-15(12(9-13)10-20)21-8-7-11-3-1-2-4-14(11)21/h5-6,9,11,14H,1-4,7-8,10,20H2. The molecule has 1 aliphatic carbocycles. The van der Waals surface area contributed by atoms with Crippen LogP contribution in [0, 0.1) is 5.92 Å². The molecule has 116 valence electrons. The molecule has 0 bridgehead atoms. The molecule has 2 aliphatic rings. The number of hydrogen-bond donors (Lipinski definition) is 1. The Labute approximate surface area is 123 Å². The summed E-state index contributed by atoms with van der Waals surface area (Å²) in [5.74, 6) is 0.701. The average molecular weight is 298 g/mol. The molecule has 2 unspecified atom stereocenters. The number of halogens is 3. The number of benzene rings is 1. The zero-order valence-electron chi connectivity index (χ0n) is 12.0. The van der Waals surface area contributed by atoms with Crippen LogP contribution in [0.5, 0.6) is 0 Å². The quantitative estimate of drug-likeness (QED) is 0.896. The first-order valence-corrected chi connectivity index (χ1v) is 7.67. The Hall–Kier alpha value is -1.23. The van der Waals surface area contributed by atoms with Crippen LogP contribution in [0.3, 0.4) is 0 Å². The summed E-state index contributed by atoms with van der Waals surface area (Å²) < 4.78 is 38.5. The number of rotatable bonds is 2. The second kappa shape index (κ2) is 5.52. The van der Waals surface area contributed by atoms with Crippen LogP contribution >= 0.6 is 0 Å². The molecule has 0 amide bonds. The first-order valence-electron chi connectivity index (χ1n) is 7.67. The molecule has 1 saturated heterocycles. The van der Waals surface area contributed by atoms with Gasteiger partial charge in [-0.1, -0.05) is 12.8 Å². The van der Waals surface area contributed by atoms with Gasteiger partial charge in [-0.15, -0.1) is 0 Å². The molecule has 1 aromatic carbocycles. The molecule has 2 atom stereocenters. The third-order valence-corrected chi connectivity index (χ3v) is 4.95. The largest absolute Gasteiger partial charge is 0.416 e. The minimum Gasteiger partial charge on any atom is -0.368 e. The Bertz CT molecular complexity index is 513. The summed E-state index contributed by atoms with van der Waals surface area (Å²) in [6.07, 6.45) is 1.74. The lowest BCUT2D eigenvalue weighted by atomic mass is 9.85. The van der Waals surface area contributed by atoms with E-state index in [9.17, 15) is 13.2 Å². The number of nitrogens with two attached hydrogens (primary N) is 1. The van der Waals surface area contributed by atoms with Crippen molar-refractivity contribution in [1.29, 1.82) is 0 Å². The maximum Gasteiger partial charge on any atom is 0.416 e.